The van der Waals surface area contributed by atoms with Gasteiger partial charge in [-0.3, -0.25) is 0 Å². The molecule has 0 aliphatic rings. The number of nitrogens with one attached hydrogen (secondary N) is 1. The highest BCUT2D eigenvalue weighted by Gasteiger charge is 2.14. The highest BCUT2D eigenvalue weighted by atomic mass is 16.5. The molecule has 0 saturated carbocycles. The Labute approximate surface area is 97.0 Å². The lowest BCUT2D eigenvalue weighted by atomic mass is 10.0. The second-order valence-electron chi connectivity index (χ2n) is 3.87. The van der Waals surface area contributed by atoms with Gasteiger partial charge >= 0.3 is 0 Å². The van der Waals surface area contributed by atoms with Crippen LogP contribution in [0.4, 0.5) is 5.69 Å². The fourth-order valence-corrected chi connectivity index (χ4v) is 1.40. The monoisotopic (exact) mass is 218 g/mol. The summed E-state index contributed by atoms with van der Waals surface area (Å²) in [4.78, 5) is 0. The van der Waals surface area contributed by atoms with E-state index in [1.54, 1.807) is 7.11 Å². The maximum atomic E-state index is 9.05. The van der Waals surface area contributed by atoms with E-state index in [1.165, 1.54) is 0 Å². The van der Waals surface area contributed by atoms with Crippen LogP contribution in [0.2, 0.25) is 0 Å². The van der Waals surface area contributed by atoms with E-state index < -0.39 is 0 Å². The van der Waals surface area contributed by atoms with Crippen LogP contribution in [0, 0.1) is 17.2 Å². The van der Waals surface area contributed by atoms with Crippen molar-refractivity contribution in [1.29, 1.82) is 5.26 Å². The molecule has 1 aromatic carbocycles. The minimum absolute atomic E-state index is 0.140. The van der Waals surface area contributed by atoms with Crippen LogP contribution in [-0.4, -0.2) is 13.2 Å². The van der Waals surface area contributed by atoms with Crippen LogP contribution < -0.4 is 10.1 Å². The van der Waals surface area contributed by atoms with Gasteiger partial charge in [-0.15, -0.1) is 0 Å². The standard InChI is InChI=1S/C13H18N2O/c1-4-10(2)13(9-14)15-11-5-7-12(16-3)8-6-11/h5-8,10,13,15H,4H2,1-3H3. The molecule has 0 amide bonds. The van der Waals surface area contributed by atoms with Gasteiger partial charge in [0.05, 0.1) is 13.2 Å². The van der Waals surface area contributed by atoms with E-state index in [0.29, 0.717) is 5.92 Å². The van der Waals surface area contributed by atoms with Gasteiger partial charge in [0.2, 0.25) is 0 Å². The van der Waals surface area contributed by atoms with E-state index in [0.717, 1.165) is 17.9 Å². The third-order valence-electron chi connectivity index (χ3n) is 2.76. The maximum Gasteiger partial charge on any atom is 0.119 e. The highest BCUT2D eigenvalue weighted by molar-refractivity contribution is 5.48. The van der Waals surface area contributed by atoms with Crippen molar-refractivity contribution in [2.75, 3.05) is 12.4 Å². The van der Waals surface area contributed by atoms with Crippen molar-refractivity contribution in [3.63, 3.8) is 0 Å². The lowest BCUT2D eigenvalue weighted by Gasteiger charge is -2.18. The molecule has 0 spiro atoms. The molecule has 1 aromatic rings. The third kappa shape index (κ3) is 3.16. The smallest absolute Gasteiger partial charge is 0.119 e. The molecule has 86 valence electrons. The third-order valence-corrected chi connectivity index (χ3v) is 2.76. The quantitative estimate of drug-likeness (QED) is 0.826. The lowest BCUT2D eigenvalue weighted by molar-refractivity contribution is 0.415. The van der Waals surface area contributed by atoms with E-state index >= 15 is 0 Å². The summed E-state index contributed by atoms with van der Waals surface area (Å²) in [5.41, 5.74) is 0.952. The summed E-state index contributed by atoms with van der Waals surface area (Å²) in [6.45, 7) is 4.16. The number of nitrogens with zero attached hydrogens (tertiary/aromatic N) is 1. The zero-order chi connectivity index (χ0) is 12.0. The molecule has 3 heteroatoms. The fraction of sp³-hybridized carbons (Fsp3) is 0.462. The molecule has 3 nitrogen and oxygen atoms in total. The second-order valence-corrected chi connectivity index (χ2v) is 3.87. The zero-order valence-electron chi connectivity index (χ0n) is 10.0. The molecule has 1 N–H and O–H groups in total. The average Bonchev–Trinajstić information content (AvgIpc) is 2.35. The van der Waals surface area contributed by atoms with Crippen molar-refractivity contribution in [1.82, 2.24) is 0 Å². The van der Waals surface area contributed by atoms with Crippen LogP contribution >= 0.6 is 0 Å². The summed E-state index contributed by atoms with van der Waals surface area (Å²) < 4.78 is 5.08. The Balaban J connectivity index is 2.68. The lowest BCUT2D eigenvalue weighted by Crippen LogP contribution is -2.24. The Hall–Kier alpha value is -1.69. The number of nitriles is 1. The number of rotatable bonds is 5. The van der Waals surface area contributed by atoms with Crippen LogP contribution in [0.3, 0.4) is 0 Å². The van der Waals surface area contributed by atoms with Gasteiger partial charge in [0.1, 0.15) is 11.8 Å². The van der Waals surface area contributed by atoms with Gasteiger partial charge < -0.3 is 10.1 Å². The van der Waals surface area contributed by atoms with Gasteiger partial charge in [0, 0.05) is 5.69 Å². The predicted molar refractivity (Wildman–Crippen MR) is 65.5 cm³/mol. The Morgan fingerprint density at radius 2 is 2.00 bits per heavy atom. The number of methoxy groups -OCH3 is 1. The molecular formula is C13H18N2O. The molecule has 1 rings (SSSR count). The number of ether oxygens (including phenoxy) is 1. The van der Waals surface area contributed by atoms with Crippen LogP contribution in [0.1, 0.15) is 20.3 Å². The molecule has 0 heterocycles. The summed E-state index contributed by atoms with van der Waals surface area (Å²) in [6, 6.07) is 9.76. The molecule has 2 atom stereocenters. The Morgan fingerprint density at radius 1 is 1.38 bits per heavy atom. The van der Waals surface area contributed by atoms with E-state index in [-0.39, 0.29) is 6.04 Å². The molecule has 0 aromatic heterocycles. The fourth-order valence-electron chi connectivity index (χ4n) is 1.40. The zero-order valence-corrected chi connectivity index (χ0v) is 10.0. The molecule has 16 heavy (non-hydrogen) atoms. The summed E-state index contributed by atoms with van der Waals surface area (Å²) in [6.07, 6.45) is 0.987. The maximum absolute atomic E-state index is 9.05. The van der Waals surface area contributed by atoms with E-state index in [9.17, 15) is 0 Å². The minimum Gasteiger partial charge on any atom is -0.497 e. The van der Waals surface area contributed by atoms with E-state index in [2.05, 4.69) is 25.2 Å². The minimum atomic E-state index is -0.140. The van der Waals surface area contributed by atoms with Crippen LogP contribution in [0.25, 0.3) is 0 Å². The molecule has 0 bridgehead atoms. The second kappa shape index (κ2) is 6.02. The molecule has 0 radical (unpaired) electrons. The van der Waals surface area contributed by atoms with Gasteiger partial charge in [-0.25, -0.2) is 0 Å². The Bertz CT molecular complexity index is 353. The number of benzene rings is 1. The molecule has 0 saturated heterocycles. The van der Waals surface area contributed by atoms with Gasteiger partial charge in [-0.05, 0) is 30.2 Å². The SMILES string of the molecule is CCC(C)C(C#N)Nc1ccc(OC)cc1. The van der Waals surface area contributed by atoms with Crippen molar-refractivity contribution in [2.45, 2.75) is 26.3 Å². The first-order chi connectivity index (χ1) is 7.71. The van der Waals surface area contributed by atoms with Crippen molar-refractivity contribution >= 4 is 5.69 Å². The Morgan fingerprint density at radius 3 is 2.44 bits per heavy atom. The topological polar surface area (TPSA) is 45.0 Å². The van der Waals surface area contributed by atoms with Crippen LogP contribution in [0.15, 0.2) is 24.3 Å². The highest BCUT2D eigenvalue weighted by Crippen LogP contribution is 2.18. The largest absolute Gasteiger partial charge is 0.497 e. The van der Waals surface area contributed by atoms with Crippen LogP contribution in [-0.2, 0) is 0 Å². The number of anilines is 1. The summed E-state index contributed by atoms with van der Waals surface area (Å²) in [5, 5.41) is 12.3. The summed E-state index contributed by atoms with van der Waals surface area (Å²) >= 11 is 0. The predicted octanol–water partition coefficient (Wildman–Crippen LogP) is 3.05. The van der Waals surface area contributed by atoms with Crippen molar-refractivity contribution in [3.8, 4) is 11.8 Å². The van der Waals surface area contributed by atoms with Gasteiger partial charge in [0.25, 0.3) is 0 Å². The molecule has 0 fully saturated rings. The average molecular weight is 218 g/mol. The molecular weight excluding hydrogens is 200 g/mol. The van der Waals surface area contributed by atoms with Crippen molar-refractivity contribution < 1.29 is 4.74 Å². The Kier molecular flexibility index (Phi) is 4.65. The molecule has 2 unspecified atom stereocenters. The van der Waals surface area contributed by atoms with Gasteiger partial charge in [0.15, 0.2) is 0 Å². The first-order valence-electron chi connectivity index (χ1n) is 5.51. The molecule has 0 aliphatic carbocycles. The van der Waals surface area contributed by atoms with E-state index in [4.69, 9.17) is 10.00 Å². The summed E-state index contributed by atoms with van der Waals surface area (Å²) in [5.74, 6) is 1.16. The first kappa shape index (κ1) is 12.4. The number of hydrogen-bond donors (Lipinski definition) is 1. The number of hydrogen-bond acceptors (Lipinski definition) is 3. The van der Waals surface area contributed by atoms with Gasteiger partial charge in [-0.1, -0.05) is 20.3 Å². The normalized spacial score (nSPS) is 13.6. The summed E-state index contributed by atoms with van der Waals surface area (Å²) in [7, 11) is 1.64. The van der Waals surface area contributed by atoms with Gasteiger partial charge in [-0.2, -0.15) is 5.26 Å². The van der Waals surface area contributed by atoms with Crippen LogP contribution in [0.5, 0.6) is 5.75 Å². The van der Waals surface area contributed by atoms with Crippen molar-refractivity contribution in [3.05, 3.63) is 24.3 Å². The first-order valence-corrected chi connectivity index (χ1v) is 5.51. The van der Waals surface area contributed by atoms with E-state index in [1.807, 2.05) is 24.3 Å². The molecule has 0 aliphatic heterocycles. The van der Waals surface area contributed by atoms with Crippen molar-refractivity contribution in [2.24, 2.45) is 5.92 Å².